The molecule has 0 unspecified atom stereocenters. The first-order valence-electron chi connectivity index (χ1n) is 11.6. The summed E-state index contributed by atoms with van der Waals surface area (Å²) in [7, 11) is 1.73. The highest BCUT2D eigenvalue weighted by Crippen LogP contribution is 2.34. The van der Waals surface area contributed by atoms with E-state index in [1.54, 1.807) is 19.4 Å². The summed E-state index contributed by atoms with van der Waals surface area (Å²) in [5.74, 6) is 0.993. The Morgan fingerprint density at radius 2 is 1.81 bits per heavy atom. The average Bonchev–Trinajstić information content (AvgIpc) is 3.61. The number of nitrogens with zero attached hydrogens (tertiary/aromatic N) is 2. The molecule has 0 amide bonds. The van der Waals surface area contributed by atoms with Crippen molar-refractivity contribution in [2.45, 2.75) is 63.6 Å². The van der Waals surface area contributed by atoms with E-state index in [0.29, 0.717) is 35.1 Å². The average molecular weight is 462 g/mol. The Kier molecular flexibility index (Phi) is 7.81. The number of pyridine rings is 2. The van der Waals surface area contributed by atoms with Gasteiger partial charge in [0.2, 0.25) is 0 Å². The van der Waals surface area contributed by atoms with Gasteiger partial charge in [0.1, 0.15) is 16.8 Å². The van der Waals surface area contributed by atoms with E-state index in [1.807, 2.05) is 6.07 Å². The van der Waals surface area contributed by atoms with Gasteiger partial charge in [-0.15, -0.1) is 0 Å². The van der Waals surface area contributed by atoms with Crippen LogP contribution in [0.3, 0.4) is 0 Å². The number of hydrogen-bond acceptors (Lipinski definition) is 6. The molecule has 0 radical (unpaired) electrons. The van der Waals surface area contributed by atoms with Gasteiger partial charge < -0.3 is 20.7 Å². The summed E-state index contributed by atoms with van der Waals surface area (Å²) >= 11 is 6.34. The van der Waals surface area contributed by atoms with Crippen LogP contribution in [-0.4, -0.2) is 48.4 Å². The highest BCUT2D eigenvalue weighted by molar-refractivity contribution is 6.32. The number of rotatable bonds is 10. The van der Waals surface area contributed by atoms with Gasteiger partial charge in [-0.3, -0.25) is 0 Å². The van der Waals surface area contributed by atoms with E-state index in [4.69, 9.17) is 16.3 Å². The zero-order valence-electron chi connectivity index (χ0n) is 18.8. The van der Waals surface area contributed by atoms with E-state index >= 15 is 0 Å². The van der Waals surface area contributed by atoms with Crippen LogP contribution in [0.15, 0.2) is 24.5 Å². The standard InChI is InChI=1S/C24H33ClFN5O/c1-15(14-32-2)30-17-5-7-18(8-6-17)31-23-10-20(22(26)13-28-23)21-9-19(12-29-24(21)25)27-11-16-3-4-16/h9-10,12-13,15-18,27,30H,3-8,11,14H2,1-2H3,(H,28,31)/t15-,17-,18-/m0/s1. The van der Waals surface area contributed by atoms with Gasteiger partial charge in [0.05, 0.1) is 24.7 Å². The van der Waals surface area contributed by atoms with Crippen LogP contribution in [0, 0.1) is 11.7 Å². The van der Waals surface area contributed by atoms with Crippen LogP contribution in [0.1, 0.15) is 45.4 Å². The molecule has 0 spiro atoms. The molecule has 2 fully saturated rings. The fraction of sp³-hybridized carbons (Fsp3) is 0.583. The van der Waals surface area contributed by atoms with Crippen molar-refractivity contribution in [1.29, 1.82) is 0 Å². The highest BCUT2D eigenvalue weighted by Gasteiger charge is 2.23. The lowest BCUT2D eigenvalue weighted by Gasteiger charge is -2.31. The smallest absolute Gasteiger partial charge is 0.149 e. The molecule has 3 N–H and O–H groups in total. The van der Waals surface area contributed by atoms with Gasteiger partial charge in [-0.25, -0.2) is 14.4 Å². The fourth-order valence-electron chi connectivity index (χ4n) is 4.36. The Morgan fingerprint density at radius 1 is 1.06 bits per heavy atom. The molecule has 0 bridgehead atoms. The molecule has 2 saturated carbocycles. The number of ether oxygens (including phenoxy) is 1. The topological polar surface area (TPSA) is 71.1 Å². The van der Waals surface area contributed by atoms with E-state index in [1.165, 1.54) is 19.0 Å². The minimum Gasteiger partial charge on any atom is -0.384 e. The number of aromatic nitrogens is 2. The summed E-state index contributed by atoms with van der Waals surface area (Å²) in [6, 6.07) is 4.79. The van der Waals surface area contributed by atoms with Crippen LogP contribution in [0.25, 0.3) is 11.1 Å². The molecule has 8 heteroatoms. The lowest BCUT2D eigenvalue weighted by Crippen LogP contribution is -2.42. The van der Waals surface area contributed by atoms with Crippen molar-refractivity contribution in [2.24, 2.45) is 5.92 Å². The van der Waals surface area contributed by atoms with Crippen LogP contribution in [0.2, 0.25) is 5.15 Å². The van der Waals surface area contributed by atoms with E-state index < -0.39 is 5.82 Å². The molecule has 32 heavy (non-hydrogen) atoms. The van der Waals surface area contributed by atoms with Gasteiger partial charge in [0.15, 0.2) is 0 Å². The van der Waals surface area contributed by atoms with Crippen molar-refractivity contribution >= 4 is 23.1 Å². The third-order valence-corrected chi connectivity index (χ3v) is 6.59. The maximum atomic E-state index is 14.7. The zero-order chi connectivity index (χ0) is 22.5. The van der Waals surface area contributed by atoms with Crippen molar-refractivity contribution in [3.63, 3.8) is 0 Å². The molecule has 2 aliphatic rings. The number of hydrogen-bond donors (Lipinski definition) is 3. The maximum Gasteiger partial charge on any atom is 0.149 e. The Bertz CT molecular complexity index is 902. The first-order chi connectivity index (χ1) is 15.5. The monoisotopic (exact) mass is 461 g/mol. The molecule has 4 rings (SSSR count). The third kappa shape index (κ3) is 6.30. The van der Waals surface area contributed by atoms with Crippen LogP contribution in [0.4, 0.5) is 15.9 Å². The van der Waals surface area contributed by atoms with Gasteiger partial charge >= 0.3 is 0 Å². The van der Waals surface area contributed by atoms with Crippen molar-refractivity contribution in [2.75, 3.05) is 30.9 Å². The van der Waals surface area contributed by atoms with E-state index in [9.17, 15) is 4.39 Å². The Hall–Kier alpha value is -1.96. The SMILES string of the molecule is COC[C@H](C)N[C@H]1CC[C@H](Nc2cc(-c3cc(NCC4CC4)cnc3Cl)c(F)cn2)CC1. The maximum absolute atomic E-state index is 14.7. The molecule has 2 heterocycles. The first-order valence-corrected chi connectivity index (χ1v) is 12.0. The lowest BCUT2D eigenvalue weighted by atomic mass is 9.90. The summed E-state index contributed by atoms with van der Waals surface area (Å²) < 4.78 is 19.9. The van der Waals surface area contributed by atoms with Gasteiger partial charge in [0, 0.05) is 42.9 Å². The van der Waals surface area contributed by atoms with Crippen molar-refractivity contribution < 1.29 is 9.13 Å². The predicted octanol–water partition coefficient (Wildman–Crippen LogP) is 5.11. The second-order valence-corrected chi connectivity index (χ2v) is 9.51. The van der Waals surface area contributed by atoms with Crippen molar-refractivity contribution in [3.05, 3.63) is 35.5 Å². The van der Waals surface area contributed by atoms with Crippen LogP contribution in [0.5, 0.6) is 0 Å². The van der Waals surface area contributed by atoms with Crippen LogP contribution < -0.4 is 16.0 Å². The first kappa shape index (κ1) is 23.2. The van der Waals surface area contributed by atoms with Crippen LogP contribution >= 0.6 is 11.6 Å². The van der Waals surface area contributed by atoms with Gasteiger partial charge in [-0.1, -0.05) is 11.6 Å². The van der Waals surface area contributed by atoms with Crippen LogP contribution in [-0.2, 0) is 4.74 Å². The van der Waals surface area contributed by atoms with Gasteiger partial charge in [0.25, 0.3) is 0 Å². The lowest BCUT2D eigenvalue weighted by molar-refractivity contribution is 0.161. The molecule has 1 atom stereocenters. The molecule has 0 aromatic carbocycles. The van der Waals surface area contributed by atoms with Gasteiger partial charge in [-0.2, -0.15) is 0 Å². The van der Waals surface area contributed by atoms with Crippen molar-refractivity contribution in [3.8, 4) is 11.1 Å². The van der Waals surface area contributed by atoms with E-state index in [0.717, 1.165) is 50.4 Å². The molecule has 2 aliphatic carbocycles. The molecule has 2 aromatic rings. The third-order valence-electron chi connectivity index (χ3n) is 6.29. The Balaban J connectivity index is 1.39. The quantitative estimate of drug-likeness (QED) is 0.427. The summed E-state index contributed by atoms with van der Waals surface area (Å²) in [6.07, 6.45) is 9.74. The molecule has 0 saturated heterocycles. The molecular weight excluding hydrogens is 429 g/mol. The molecular formula is C24H33ClFN5O. The fourth-order valence-corrected chi connectivity index (χ4v) is 4.56. The van der Waals surface area contributed by atoms with E-state index in [2.05, 4.69) is 32.8 Å². The zero-order valence-corrected chi connectivity index (χ0v) is 19.6. The minimum atomic E-state index is -0.404. The van der Waals surface area contributed by atoms with E-state index in [-0.39, 0.29) is 5.15 Å². The Morgan fingerprint density at radius 3 is 2.53 bits per heavy atom. The minimum absolute atomic E-state index is 0.287. The highest BCUT2D eigenvalue weighted by atomic mass is 35.5. The Labute approximate surface area is 194 Å². The summed E-state index contributed by atoms with van der Waals surface area (Å²) in [6.45, 7) is 3.78. The normalized spacial score (nSPS) is 21.9. The van der Waals surface area contributed by atoms with Gasteiger partial charge in [-0.05, 0) is 63.5 Å². The molecule has 174 valence electrons. The largest absolute Gasteiger partial charge is 0.384 e. The number of nitrogens with one attached hydrogen (secondary N) is 3. The summed E-state index contributed by atoms with van der Waals surface area (Å²) in [4.78, 5) is 8.54. The summed E-state index contributed by atoms with van der Waals surface area (Å²) in [5.41, 5.74) is 1.85. The second-order valence-electron chi connectivity index (χ2n) is 9.15. The molecule has 2 aromatic heterocycles. The summed E-state index contributed by atoms with van der Waals surface area (Å²) in [5, 5.41) is 10.8. The molecule has 0 aliphatic heterocycles. The number of halogens is 2. The second kappa shape index (κ2) is 10.8. The predicted molar refractivity (Wildman–Crippen MR) is 128 cm³/mol. The number of methoxy groups -OCH3 is 1. The number of anilines is 2. The molecule has 6 nitrogen and oxygen atoms in total. The van der Waals surface area contributed by atoms with Crippen molar-refractivity contribution in [1.82, 2.24) is 15.3 Å².